The van der Waals surface area contributed by atoms with Gasteiger partial charge in [0.25, 0.3) is 0 Å². The summed E-state index contributed by atoms with van der Waals surface area (Å²) in [5, 5.41) is 5.00. The number of hydrogen-bond donors (Lipinski definition) is 2. The maximum atomic E-state index is 12.1. The minimum Gasteiger partial charge on any atom is -0.355 e. The molecule has 3 N–H and O–H groups in total. The third kappa shape index (κ3) is 4.63. The molecule has 2 aromatic rings. The number of carbonyl (C=O) groups is 1. The van der Waals surface area contributed by atoms with Crippen LogP contribution in [0.2, 0.25) is 0 Å². The van der Waals surface area contributed by atoms with Gasteiger partial charge in [-0.05, 0) is 23.4 Å². The van der Waals surface area contributed by atoms with Gasteiger partial charge in [-0.1, -0.05) is 36.4 Å². The smallest absolute Gasteiger partial charge is 0.228 e. The van der Waals surface area contributed by atoms with Crippen LogP contribution in [0, 0.1) is 0 Å². The van der Waals surface area contributed by atoms with E-state index in [0.29, 0.717) is 13.1 Å². The van der Waals surface area contributed by atoms with E-state index >= 15 is 0 Å². The van der Waals surface area contributed by atoms with Gasteiger partial charge in [-0.2, -0.15) is 0 Å². The third-order valence-corrected chi connectivity index (χ3v) is 3.94. The molecule has 1 aromatic carbocycles. The molecule has 1 heterocycles. The topological polar surface area (TPSA) is 55.1 Å². The van der Waals surface area contributed by atoms with Gasteiger partial charge < -0.3 is 11.1 Å². The van der Waals surface area contributed by atoms with Gasteiger partial charge in [-0.15, -0.1) is 23.7 Å². The van der Waals surface area contributed by atoms with Crippen LogP contribution >= 0.6 is 23.7 Å². The van der Waals surface area contributed by atoms with Crippen molar-refractivity contribution in [3.8, 4) is 0 Å². The predicted octanol–water partition coefficient (Wildman–Crippen LogP) is 2.57. The number of amides is 1. The Morgan fingerprint density at radius 2 is 1.95 bits per heavy atom. The lowest BCUT2D eigenvalue weighted by atomic mass is 9.98. The lowest BCUT2D eigenvalue weighted by Crippen LogP contribution is -2.34. The van der Waals surface area contributed by atoms with Crippen molar-refractivity contribution in [2.75, 3.05) is 13.1 Å². The highest BCUT2D eigenvalue weighted by Gasteiger charge is 2.17. The second-order valence-electron chi connectivity index (χ2n) is 4.32. The Hall–Kier alpha value is -1.36. The van der Waals surface area contributed by atoms with Gasteiger partial charge in [0.15, 0.2) is 0 Å². The molecule has 0 bridgehead atoms. The van der Waals surface area contributed by atoms with Gasteiger partial charge in [-0.25, -0.2) is 0 Å². The summed E-state index contributed by atoms with van der Waals surface area (Å²) >= 11 is 1.71. The normalized spacial score (nSPS) is 11.4. The summed E-state index contributed by atoms with van der Waals surface area (Å²) in [6, 6.07) is 13.8. The summed E-state index contributed by atoms with van der Waals surface area (Å²) in [4.78, 5) is 13.4. The number of nitrogens with one attached hydrogen (secondary N) is 1. The van der Waals surface area contributed by atoms with Crippen molar-refractivity contribution in [1.82, 2.24) is 5.32 Å². The maximum Gasteiger partial charge on any atom is 0.228 e. The van der Waals surface area contributed by atoms with E-state index in [9.17, 15) is 4.79 Å². The molecule has 1 unspecified atom stereocenters. The molecule has 1 amide bonds. The van der Waals surface area contributed by atoms with Gasteiger partial charge in [-0.3, -0.25) is 4.79 Å². The minimum absolute atomic E-state index is 0. The van der Waals surface area contributed by atoms with Crippen molar-refractivity contribution in [3.05, 3.63) is 58.3 Å². The van der Waals surface area contributed by atoms with E-state index in [-0.39, 0.29) is 24.2 Å². The molecule has 0 fully saturated rings. The standard InChI is InChI=1S/C15H18N2OS.ClH/c16-11-14(12-5-2-1-3-6-12)15(18)17-9-8-13-7-4-10-19-13;/h1-7,10,14H,8-9,11,16H2,(H,17,18);1H. The van der Waals surface area contributed by atoms with Crippen molar-refractivity contribution in [3.63, 3.8) is 0 Å². The van der Waals surface area contributed by atoms with Gasteiger partial charge in [0, 0.05) is 18.0 Å². The molecule has 2 rings (SSSR count). The lowest BCUT2D eigenvalue weighted by Gasteiger charge is -2.15. The summed E-state index contributed by atoms with van der Waals surface area (Å²) in [6.45, 7) is 0.984. The molecule has 0 saturated heterocycles. The Kier molecular flexibility index (Phi) is 7.30. The number of hydrogen-bond acceptors (Lipinski definition) is 3. The fourth-order valence-corrected chi connectivity index (χ4v) is 2.68. The number of thiophene rings is 1. The highest BCUT2D eigenvalue weighted by molar-refractivity contribution is 7.09. The first-order valence-electron chi connectivity index (χ1n) is 6.36. The lowest BCUT2D eigenvalue weighted by molar-refractivity contribution is -0.122. The molecule has 0 spiro atoms. The van der Waals surface area contributed by atoms with Crippen molar-refractivity contribution in [2.45, 2.75) is 12.3 Å². The van der Waals surface area contributed by atoms with Gasteiger partial charge in [0.1, 0.15) is 0 Å². The zero-order chi connectivity index (χ0) is 13.5. The fourth-order valence-electron chi connectivity index (χ4n) is 1.97. The van der Waals surface area contributed by atoms with Gasteiger partial charge in [0.05, 0.1) is 5.92 Å². The highest BCUT2D eigenvalue weighted by atomic mass is 35.5. The van der Waals surface area contributed by atoms with Crippen LogP contribution in [0.5, 0.6) is 0 Å². The number of rotatable bonds is 6. The van der Waals surface area contributed by atoms with Crippen LogP contribution in [-0.4, -0.2) is 19.0 Å². The van der Waals surface area contributed by atoms with Crippen molar-refractivity contribution in [1.29, 1.82) is 0 Å². The second kappa shape index (κ2) is 8.74. The largest absolute Gasteiger partial charge is 0.355 e. The number of nitrogens with two attached hydrogens (primary N) is 1. The summed E-state index contributed by atoms with van der Waals surface area (Å²) in [5.41, 5.74) is 6.68. The molecule has 20 heavy (non-hydrogen) atoms. The first-order valence-corrected chi connectivity index (χ1v) is 7.24. The van der Waals surface area contributed by atoms with E-state index in [2.05, 4.69) is 11.4 Å². The predicted molar refractivity (Wildman–Crippen MR) is 86.5 cm³/mol. The quantitative estimate of drug-likeness (QED) is 0.861. The first kappa shape index (κ1) is 16.7. The summed E-state index contributed by atoms with van der Waals surface area (Å²) in [6.07, 6.45) is 0.871. The molecule has 3 nitrogen and oxygen atoms in total. The average Bonchev–Trinajstić information content (AvgIpc) is 2.94. The van der Waals surface area contributed by atoms with Crippen molar-refractivity contribution in [2.24, 2.45) is 5.73 Å². The number of halogens is 1. The third-order valence-electron chi connectivity index (χ3n) is 3.00. The number of benzene rings is 1. The van der Waals surface area contributed by atoms with Crippen LogP contribution in [0.1, 0.15) is 16.4 Å². The van der Waals surface area contributed by atoms with E-state index in [4.69, 9.17) is 5.73 Å². The Labute approximate surface area is 129 Å². The minimum atomic E-state index is -0.260. The molecule has 1 atom stereocenters. The molecule has 1 aromatic heterocycles. The Morgan fingerprint density at radius 1 is 1.20 bits per heavy atom. The summed E-state index contributed by atoms with van der Waals surface area (Å²) in [7, 11) is 0. The zero-order valence-corrected chi connectivity index (χ0v) is 12.8. The molecule has 0 saturated carbocycles. The van der Waals surface area contributed by atoms with Crippen LogP contribution in [0.25, 0.3) is 0 Å². The van der Waals surface area contributed by atoms with Crippen LogP contribution in [0.15, 0.2) is 47.8 Å². The van der Waals surface area contributed by atoms with Crippen molar-refractivity contribution >= 4 is 29.7 Å². The highest BCUT2D eigenvalue weighted by Crippen LogP contribution is 2.14. The fraction of sp³-hybridized carbons (Fsp3) is 0.267. The summed E-state index contributed by atoms with van der Waals surface area (Å²) < 4.78 is 0. The monoisotopic (exact) mass is 310 g/mol. The Bertz CT molecular complexity index is 502. The zero-order valence-electron chi connectivity index (χ0n) is 11.1. The van der Waals surface area contributed by atoms with Gasteiger partial charge >= 0.3 is 0 Å². The molecular formula is C15H19ClN2OS. The second-order valence-corrected chi connectivity index (χ2v) is 5.35. The van der Waals surface area contributed by atoms with Crippen LogP contribution in [0.3, 0.4) is 0 Å². The maximum absolute atomic E-state index is 12.1. The Balaban J connectivity index is 0.00000200. The molecule has 0 aliphatic heterocycles. The van der Waals surface area contributed by atoms with E-state index < -0.39 is 0 Å². The SMILES string of the molecule is Cl.NCC(C(=O)NCCc1cccs1)c1ccccc1. The van der Waals surface area contributed by atoms with E-state index in [1.54, 1.807) is 11.3 Å². The molecular weight excluding hydrogens is 292 g/mol. The van der Waals surface area contributed by atoms with Crippen LogP contribution in [0.4, 0.5) is 0 Å². The average molecular weight is 311 g/mol. The molecule has 0 radical (unpaired) electrons. The molecule has 0 aliphatic rings. The number of carbonyl (C=O) groups excluding carboxylic acids is 1. The Morgan fingerprint density at radius 3 is 2.55 bits per heavy atom. The van der Waals surface area contributed by atoms with E-state index in [1.807, 2.05) is 41.8 Å². The van der Waals surface area contributed by atoms with Crippen LogP contribution < -0.4 is 11.1 Å². The van der Waals surface area contributed by atoms with Crippen LogP contribution in [-0.2, 0) is 11.2 Å². The van der Waals surface area contributed by atoms with Crippen molar-refractivity contribution < 1.29 is 4.79 Å². The molecule has 0 aliphatic carbocycles. The van der Waals surface area contributed by atoms with E-state index in [1.165, 1.54) is 4.88 Å². The summed E-state index contributed by atoms with van der Waals surface area (Å²) in [5.74, 6) is -0.255. The molecule has 5 heteroatoms. The first-order chi connectivity index (χ1) is 9.31. The molecule has 108 valence electrons. The van der Waals surface area contributed by atoms with Gasteiger partial charge in [0.2, 0.25) is 5.91 Å². The van der Waals surface area contributed by atoms with E-state index in [0.717, 1.165) is 12.0 Å².